The number of amides is 2. The van der Waals surface area contributed by atoms with Gasteiger partial charge >= 0.3 is 0 Å². The fourth-order valence-electron chi connectivity index (χ4n) is 7.03. The van der Waals surface area contributed by atoms with E-state index in [1.807, 2.05) is 0 Å². The van der Waals surface area contributed by atoms with E-state index in [0.717, 1.165) is 57.5 Å². The number of halogens is 1. The topological polar surface area (TPSA) is 49.9 Å². The molecule has 6 heteroatoms. The van der Waals surface area contributed by atoms with Crippen LogP contribution < -0.4 is 4.74 Å². The minimum Gasteiger partial charge on any atom is -0.496 e. The maximum absolute atomic E-state index is 12.9. The number of nitrogens with zero attached hydrogens (tertiary/aromatic N) is 2. The molecule has 3 fully saturated rings. The summed E-state index contributed by atoms with van der Waals surface area (Å²) >= 11 is 0. The fraction of sp³-hybridized carbons (Fsp3) is 0.692. The highest BCUT2D eigenvalue weighted by Crippen LogP contribution is 2.48. The van der Waals surface area contributed by atoms with Crippen molar-refractivity contribution in [2.75, 3.05) is 26.7 Å². The smallest absolute Gasteiger partial charge is 0.229 e. The van der Waals surface area contributed by atoms with Gasteiger partial charge in [0.25, 0.3) is 0 Å². The number of carbonyl (C=O) groups is 2. The lowest BCUT2D eigenvalue weighted by atomic mass is 9.76. The molecule has 0 bridgehead atoms. The Kier molecular flexibility index (Phi) is 6.88. The summed E-state index contributed by atoms with van der Waals surface area (Å²) < 4.78 is 5.65. The summed E-state index contributed by atoms with van der Waals surface area (Å²) in [7, 11) is 1.77. The van der Waals surface area contributed by atoms with Crippen LogP contribution in [0, 0.1) is 11.3 Å². The molecule has 3 atom stereocenters. The van der Waals surface area contributed by atoms with Gasteiger partial charge in [0.1, 0.15) is 5.75 Å². The van der Waals surface area contributed by atoms with Crippen LogP contribution in [0.4, 0.5) is 0 Å². The average molecular weight is 461 g/mol. The maximum atomic E-state index is 12.9. The molecule has 4 aliphatic rings. The van der Waals surface area contributed by atoms with Crippen LogP contribution in [-0.4, -0.2) is 54.4 Å². The fourth-order valence-corrected chi connectivity index (χ4v) is 7.03. The number of piperidine rings is 2. The lowest BCUT2D eigenvalue weighted by molar-refractivity contribution is -0.156. The van der Waals surface area contributed by atoms with Gasteiger partial charge in [0.15, 0.2) is 0 Å². The zero-order valence-corrected chi connectivity index (χ0v) is 20.3. The van der Waals surface area contributed by atoms with E-state index in [9.17, 15) is 9.59 Å². The predicted molar refractivity (Wildman–Crippen MR) is 127 cm³/mol. The van der Waals surface area contributed by atoms with Gasteiger partial charge in [-0.2, -0.15) is 0 Å². The number of rotatable bonds is 5. The van der Waals surface area contributed by atoms with Crippen LogP contribution in [0.15, 0.2) is 18.2 Å². The monoisotopic (exact) mass is 460 g/mol. The molecule has 5 rings (SSSR count). The first-order chi connectivity index (χ1) is 15.0. The highest BCUT2D eigenvalue weighted by molar-refractivity contribution is 5.99. The molecule has 32 heavy (non-hydrogen) atoms. The van der Waals surface area contributed by atoms with Gasteiger partial charge in [-0.1, -0.05) is 25.0 Å². The van der Waals surface area contributed by atoms with Crippen molar-refractivity contribution in [1.29, 1.82) is 0 Å². The number of hydrogen-bond donors (Lipinski definition) is 0. The highest BCUT2D eigenvalue weighted by Gasteiger charge is 2.46. The van der Waals surface area contributed by atoms with Crippen molar-refractivity contribution in [3.8, 4) is 5.75 Å². The van der Waals surface area contributed by atoms with E-state index < -0.39 is 0 Å². The number of likely N-dealkylation sites (tertiary alicyclic amines) is 2. The first-order valence-electron chi connectivity index (χ1n) is 12.2. The van der Waals surface area contributed by atoms with Crippen LogP contribution in [0.25, 0.3) is 0 Å². The Morgan fingerprint density at radius 1 is 1.16 bits per heavy atom. The molecule has 0 aromatic heterocycles. The maximum Gasteiger partial charge on any atom is 0.229 e. The Balaban J connectivity index is 0.00000245. The summed E-state index contributed by atoms with van der Waals surface area (Å²) in [6.07, 6.45) is 8.77. The molecule has 5 nitrogen and oxygen atoms in total. The molecule has 0 radical (unpaired) electrons. The number of ether oxygens (including phenoxy) is 1. The van der Waals surface area contributed by atoms with Gasteiger partial charge in [0.05, 0.1) is 7.11 Å². The van der Waals surface area contributed by atoms with Gasteiger partial charge in [-0.05, 0) is 74.5 Å². The van der Waals surface area contributed by atoms with Crippen LogP contribution in [0.5, 0.6) is 5.75 Å². The Morgan fingerprint density at radius 3 is 2.56 bits per heavy atom. The largest absolute Gasteiger partial charge is 0.496 e. The molecule has 1 aromatic rings. The van der Waals surface area contributed by atoms with Crippen molar-refractivity contribution in [1.82, 2.24) is 9.80 Å². The molecule has 2 aliphatic heterocycles. The van der Waals surface area contributed by atoms with Gasteiger partial charge in [-0.3, -0.25) is 14.5 Å². The Bertz CT molecular complexity index is 847. The van der Waals surface area contributed by atoms with E-state index in [2.05, 4.69) is 30.0 Å². The molecule has 2 amide bonds. The minimum absolute atomic E-state index is 0. The third kappa shape index (κ3) is 4.19. The second kappa shape index (κ2) is 9.34. The van der Waals surface area contributed by atoms with Gasteiger partial charge in [-0.25, -0.2) is 0 Å². The van der Waals surface area contributed by atoms with Crippen LogP contribution in [0.3, 0.4) is 0 Å². The van der Waals surface area contributed by atoms with E-state index in [-0.39, 0.29) is 35.7 Å². The van der Waals surface area contributed by atoms with Gasteiger partial charge in [0.2, 0.25) is 11.8 Å². The number of fused-ring (bicyclic) bond motifs is 3. The Hall–Kier alpha value is -1.59. The number of hydrogen-bond acceptors (Lipinski definition) is 4. The van der Waals surface area contributed by atoms with Crippen LogP contribution in [0.1, 0.15) is 75.3 Å². The Labute approximate surface area is 198 Å². The molecule has 176 valence electrons. The molecule has 2 heterocycles. The highest BCUT2D eigenvalue weighted by atomic mass is 35.5. The van der Waals surface area contributed by atoms with Crippen molar-refractivity contribution >= 4 is 24.2 Å². The zero-order valence-electron chi connectivity index (χ0n) is 19.5. The normalized spacial score (nSPS) is 27.8. The number of carbonyl (C=O) groups excluding carboxylic acids is 2. The number of imide groups is 1. The third-order valence-corrected chi connectivity index (χ3v) is 8.61. The van der Waals surface area contributed by atoms with E-state index >= 15 is 0 Å². The zero-order chi connectivity index (χ0) is 21.6. The van der Waals surface area contributed by atoms with Crippen LogP contribution in [-0.2, 0) is 16.0 Å². The minimum atomic E-state index is -0.00912. The van der Waals surface area contributed by atoms with Crippen molar-refractivity contribution < 1.29 is 14.3 Å². The van der Waals surface area contributed by atoms with Crippen molar-refractivity contribution in [3.05, 3.63) is 29.3 Å². The van der Waals surface area contributed by atoms with E-state index in [4.69, 9.17) is 4.74 Å². The first-order valence-corrected chi connectivity index (χ1v) is 12.2. The lowest BCUT2D eigenvalue weighted by Crippen LogP contribution is -2.52. The molecule has 1 saturated carbocycles. The lowest BCUT2D eigenvalue weighted by Gasteiger charge is -2.41. The molecule has 1 unspecified atom stereocenters. The quantitative estimate of drug-likeness (QED) is 0.604. The summed E-state index contributed by atoms with van der Waals surface area (Å²) in [5.74, 6) is 2.45. The van der Waals surface area contributed by atoms with Crippen molar-refractivity contribution in [2.24, 2.45) is 11.3 Å². The predicted octanol–water partition coefficient (Wildman–Crippen LogP) is 4.57. The van der Waals surface area contributed by atoms with Gasteiger partial charge < -0.3 is 9.64 Å². The molecule has 1 spiro atoms. The second-order valence-electron chi connectivity index (χ2n) is 10.5. The first kappa shape index (κ1) is 23.6. The van der Waals surface area contributed by atoms with Crippen LogP contribution >= 0.6 is 12.4 Å². The standard InChI is InChI=1S/C26H36N2O3.ClH/c1-18(28-23(29)15-26(16-24(28)30)10-3-4-11-26)8-12-27-13-9-21-20(17-27)14-19-6-5-7-22(31-2)25(19)21;/h5-7,18,20-21H,3-4,8-17H2,1-2H3;1H/t18?,20-,21+;/m0./s1. The summed E-state index contributed by atoms with van der Waals surface area (Å²) in [5.41, 5.74) is 2.88. The van der Waals surface area contributed by atoms with Crippen molar-refractivity contribution in [2.45, 2.75) is 76.7 Å². The van der Waals surface area contributed by atoms with Gasteiger partial charge in [-0.15, -0.1) is 12.4 Å². The van der Waals surface area contributed by atoms with E-state index in [1.165, 1.54) is 24.0 Å². The SMILES string of the molecule is COc1cccc2c1[C@@H]1CCN(CCC(C)N3C(=O)CC4(CCCC4)CC3=O)C[C@@H]1C2.Cl. The van der Waals surface area contributed by atoms with E-state index in [0.29, 0.717) is 24.7 Å². The molecule has 2 aliphatic carbocycles. The summed E-state index contributed by atoms with van der Waals surface area (Å²) in [6.45, 7) is 5.20. The summed E-state index contributed by atoms with van der Waals surface area (Å²) in [6, 6.07) is 6.46. The van der Waals surface area contributed by atoms with Crippen molar-refractivity contribution in [3.63, 3.8) is 0 Å². The second-order valence-corrected chi connectivity index (χ2v) is 10.5. The average Bonchev–Trinajstić information content (AvgIpc) is 3.35. The molecule has 2 saturated heterocycles. The summed E-state index contributed by atoms with van der Waals surface area (Å²) in [5, 5.41) is 0. The number of benzene rings is 1. The third-order valence-electron chi connectivity index (χ3n) is 8.61. The Morgan fingerprint density at radius 2 is 1.88 bits per heavy atom. The molecule has 1 aromatic carbocycles. The molecule has 0 N–H and O–H groups in total. The molecular weight excluding hydrogens is 424 g/mol. The van der Waals surface area contributed by atoms with Gasteiger partial charge in [0, 0.05) is 37.5 Å². The van der Waals surface area contributed by atoms with Crippen LogP contribution in [0.2, 0.25) is 0 Å². The number of methoxy groups -OCH3 is 1. The van der Waals surface area contributed by atoms with E-state index in [1.54, 1.807) is 12.0 Å². The molecular formula is C26H37ClN2O3. The summed E-state index contributed by atoms with van der Waals surface area (Å²) in [4.78, 5) is 29.9.